The Hall–Kier alpha value is -3.46. The lowest BCUT2D eigenvalue weighted by Gasteiger charge is -2.14. The van der Waals surface area contributed by atoms with Gasteiger partial charge in [0.1, 0.15) is 12.4 Å². The van der Waals surface area contributed by atoms with E-state index in [-0.39, 0.29) is 5.56 Å². The van der Waals surface area contributed by atoms with Gasteiger partial charge < -0.3 is 23.7 Å². The summed E-state index contributed by atoms with van der Waals surface area (Å²) < 4.78 is 26.0. The molecule has 0 spiro atoms. The first-order chi connectivity index (χ1) is 14.0. The third-order valence-corrected chi connectivity index (χ3v) is 3.89. The minimum Gasteiger partial charge on any atom is -0.493 e. The molecule has 2 rings (SSSR count). The average molecular weight is 404 g/mol. The fraction of sp³-hybridized carbons (Fsp3) is 0.300. The highest BCUT2D eigenvalue weighted by molar-refractivity contribution is 5.99. The number of carbonyl (C=O) groups excluding carboxylic acids is 2. The van der Waals surface area contributed by atoms with Crippen molar-refractivity contribution in [3.63, 3.8) is 0 Å². The van der Waals surface area contributed by atoms with E-state index in [4.69, 9.17) is 23.7 Å². The predicted octanol–water partition coefficient (Wildman–Crippen LogP) is 1.81. The van der Waals surface area contributed by atoms with E-state index in [2.05, 4.69) is 10.9 Å². The summed E-state index contributed by atoms with van der Waals surface area (Å²) in [4.78, 5) is 24.7. The van der Waals surface area contributed by atoms with Gasteiger partial charge in [-0.05, 0) is 36.4 Å². The molecule has 0 heterocycles. The molecule has 0 saturated heterocycles. The monoisotopic (exact) mass is 404 g/mol. The summed E-state index contributed by atoms with van der Waals surface area (Å²) in [5.41, 5.74) is 5.30. The zero-order chi connectivity index (χ0) is 21.2. The molecule has 0 fully saturated rings. The van der Waals surface area contributed by atoms with Crippen molar-refractivity contribution in [2.45, 2.75) is 0 Å². The van der Waals surface area contributed by atoms with Crippen LogP contribution in [-0.2, 0) is 4.74 Å². The van der Waals surface area contributed by atoms with Crippen molar-refractivity contribution in [3.8, 4) is 23.0 Å². The van der Waals surface area contributed by atoms with Gasteiger partial charge in [-0.3, -0.25) is 20.4 Å². The third-order valence-electron chi connectivity index (χ3n) is 3.89. The van der Waals surface area contributed by atoms with E-state index >= 15 is 0 Å². The van der Waals surface area contributed by atoms with Crippen LogP contribution >= 0.6 is 0 Å². The Morgan fingerprint density at radius 3 is 1.79 bits per heavy atom. The molecule has 0 bridgehead atoms. The Labute approximate surface area is 168 Å². The van der Waals surface area contributed by atoms with Crippen LogP contribution in [0.15, 0.2) is 36.4 Å². The van der Waals surface area contributed by atoms with Gasteiger partial charge in [-0.25, -0.2) is 0 Å². The van der Waals surface area contributed by atoms with Gasteiger partial charge in [0.2, 0.25) is 5.75 Å². The topological polar surface area (TPSA) is 104 Å². The summed E-state index contributed by atoms with van der Waals surface area (Å²) in [6, 6.07) is 9.45. The molecule has 2 N–H and O–H groups in total. The summed E-state index contributed by atoms with van der Waals surface area (Å²) in [5.74, 6) is 0.606. The van der Waals surface area contributed by atoms with E-state index in [1.54, 1.807) is 31.4 Å². The highest BCUT2D eigenvalue weighted by atomic mass is 16.5. The van der Waals surface area contributed by atoms with Crippen molar-refractivity contribution in [2.24, 2.45) is 0 Å². The molecule has 9 nitrogen and oxygen atoms in total. The van der Waals surface area contributed by atoms with Gasteiger partial charge in [0.15, 0.2) is 11.5 Å². The molecule has 0 aliphatic heterocycles. The molecule has 29 heavy (non-hydrogen) atoms. The number of hydrogen-bond donors (Lipinski definition) is 2. The van der Waals surface area contributed by atoms with Gasteiger partial charge in [-0.2, -0.15) is 0 Å². The van der Waals surface area contributed by atoms with Crippen molar-refractivity contribution in [3.05, 3.63) is 47.5 Å². The molecular weight excluding hydrogens is 380 g/mol. The minimum atomic E-state index is -0.544. The van der Waals surface area contributed by atoms with Crippen molar-refractivity contribution < 1.29 is 33.3 Å². The highest BCUT2D eigenvalue weighted by Crippen LogP contribution is 2.38. The lowest BCUT2D eigenvalue weighted by atomic mass is 10.1. The van der Waals surface area contributed by atoms with Crippen molar-refractivity contribution in [2.75, 3.05) is 41.7 Å². The van der Waals surface area contributed by atoms with Crippen LogP contribution in [0, 0.1) is 0 Å². The molecule has 0 saturated carbocycles. The Morgan fingerprint density at radius 2 is 1.31 bits per heavy atom. The number of benzene rings is 2. The lowest BCUT2D eigenvalue weighted by molar-refractivity contribution is 0.0846. The van der Waals surface area contributed by atoms with Gasteiger partial charge >= 0.3 is 0 Å². The SMILES string of the molecule is COCCOc1ccc(C(=O)NNC(=O)c2cc(OC)c(OC)c(OC)c2)cc1. The number of methoxy groups -OCH3 is 4. The van der Waals surface area contributed by atoms with E-state index in [1.807, 2.05) is 0 Å². The summed E-state index contributed by atoms with van der Waals surface area (Å²) in [7, 11) is 5.95. The van der Waals surface area contributed by atoms with Crippen LogP contribution < -0.4 is 29.8 Å². The van der Waals surface area contributed by atoms with Crippen LogP contribution in [-0.4, -0.2) is 53.5 Å². The molecule has 2 amide bonds. The first-order valence-corrected chi connectivity index (χ1v) is 8.66. The zero-order valence-electron chi connectivity index (χ0n) is 16.7. The van der Waals surface area contributed by atoms with Gasteiger partial charge in [0, 0.05) is 18.2 Å². The van der Waals surface area contributed by atoms with Crippen molar-refractivity contribution in [1.29, 1.82) is 0 Å². The molecule has 9 heteroatoms. The second-order valence-corrected chi connectivity index (χ2v) is 5.69. The normalized spacial score (nSPS) is 10.1. The number of ether oxygens (including phenoxy) is 5. The smallest absolute Gasteiger partial charge is 0.269 e. The van der Waals surface area contributed by atoms with E-state index in [0.717, 1.165) is 0 Å². The van der Waals surface area contributed by atoms with Crippen LogP contribution in [0.5, 0.6) is 23.0 Å². The zero-order valence-corrected chi connectivity index (χ0v) is 16.7. The molecule has 0 aliphatic rings. The number of nitrogens with one attached hydrogen (secondary N) is 2. The Kier molecular flexibility index (Phi) is 8.11. The van der Waals surface area contributed by atoms with Crippen LogP contribution in [0.4, 0.5) is 0 Å². The van der Waals surface area contributed by atoms with Crippen molar-refractivity contribution in [1.82, 2.24) is 10.9 Å². The summed E-state index contributed by atoms with van der Waals surface area (Å²) in [5, 5.41) is 0. The van der Waals surface area contributed by atoms with Crippen LogP contribution in [0.3, 0.4) is 0 Å². The highest BCUT2D eigenvalue weighted by Gasteiger charge is 2.17. The van der Waals surface area contributed by atoms with Crippen LogP contribution in [0.25, 0.3) is 0 Å². The third kappa shape index (κ3) is 5.76. The second kappa shape index (κ2) is 10.8. The first-order valence-electron chi connectivity index (χ1n) is 8.66. The van der Waals surface area contributed by atoms with E-state index < -0.39 is 11.8 Å². The van der Waals surface area contributed by atoms with E-state index in [0.29, 0.717) is 41.8 Å². The predicted molar refractivity (Wildman–Crippen MR) is 105 cm³/mol. The molecule has 2 aromatic carbocycles. The molecule has 156 valence electrons. The molecule has 0 radical (unpaired) electrons. The second-order valence-electron chi connectivity index (χ2n) is 5.69. The minimum absolute atomic E-state index is 0.224. The lowest BCUT2D eigenvalue weighted by Crippen LogP contribution is -2.41. The number of carbonyl (C=O) groups is 2. The number of hydrazine groups is 1. The van der Waals surface area contributed by atoms with Gasteiger partial charge in [0.25, 0.3) is 11.8 Å². The van der Waals surface area contributed by atoms with E-state index in [1.165, 1.54) is 33.5 Å². The maximum Gasteiger partial charge on any atom is 0.269 e. The summed E-state index contributed by atoms with van der Waals surface area (Å²) in [6.45, 7) is 0.877. The Balaban J connectivity index is 2.00. The molecule has 2 aromatic rings. The fourth-order valence-corrected chi connectivity index (χ4v) is 2.42. The quantitative estimate of drug-likeness (QED) is 0.485. The van der Waals surface area contributed by atoms with Gasteiger partial charge in [-0.1, -0.05) is 0 Å². The fourth-order valence-electron chi connectivity index (χ4n) is 2.42. The molecule has 0 atom stereocenters. The van der Waals surface area contributed by atoms with Crippen LogP contribution in [0.2, 0.25) is 0 Å². The van der Waals surface area contributed by atoms with E-state index in [9.17, 15) is 9.59 Å². The largest absolute Gasteiger partial charge is 0.493 e. The Morgan fingerprint density at radius 1 is 0.759 bits per heavy atom. The average Bonchev–Trinajstić information content (AvgIpc) is 2.76. The molecule has 0 unspecified atom stereocenters. The maximum absolute atomic E-state index is 12.4. The van der Waals surface area contributed by atoms with Crippen LogP contribution in [0.1, 0.15) is 20.7 Å². The summed E-state index contributed by atoms with van der Waals surface area (Å²) >= 11 is 0. The number of amides is 2. The first kappa shape index (κ1) is 21.8. The van der Waals surface area contributed by atoms with Crippen molar-refractivity contribution >= 4 is 11.8 Å². The maximum atomic E-state index is 12.4. The molecule has 0 aromatic heterocycles. The van der Waals surface area contributed by atoms with Gasteiger partial charge in [0.05, 0.1) is 27.9 Å². The Bertz CT molecular complexity index is 812. The summed E-state index contributed by atoms with van der Waals surface area (Å²) in [6.07, 6.45) is 0. The number of hydrogen-bond acceptors (Lipinski definition) is 7. The molecule has 0 aliphatic carbocycles. The number of rotatable bonds is 9. The van der Waals surface area contributed by atoms with Gasteiger partial charge in [-0.15, -0.1) is 0 Å². The molecular formula is C20H24N2O7. The standard InChI is InChI=1S/C20H24N2O7/c1-25-9-10-29-15-7-5-13(6-8-15)19(23)21-22-20(24)14-11-16(26-2)18(28-4)17(12-14)27-3/h5-8,11-12H,9-10H2,1-4H3,(H,21,23)(H,22,24).